The summed E-state index contributed by atoms with van der Waals surface area (Å²) in [6, 6.07) is 1.47. The maximum absolute atomic E-state index is 14.4. The fourth-order valence-electron chi connectivity index (χ4n) is 3.69. The first-order valence-corrected chi connectivity index (χ1v) is 11.4. The maximum atomic E-state index is 14.4. The zero-order valence-electron chi connectivity index (χ0n) is 15.6. The number of aromatic nitrogens is 4. The van der Waals surface area contributed by atoms with E-state index >= 15 is 0 Å². The number of pyridine rings is 1. The number of sulfonamides is 1. The van der Waals surface area contributed by atoms with Crippen molar-refractivity contribution in [2.75, 3.05) is 11.6 Å². The van der Waals surface area contributed by atoms with Crippen LogP contribution in [0.2, 0.25) is 5.02 Å². The molecule has 1 saturated carbocycles. The molecule has 0 saturated heterocycles. The average Bonchev–Trinajstić information content (AvgIpc) is 3.05. The smallest absolute Gasteiger partial charge is 0.208 e. The van der Waals surface area contributed by atoms with Crippen molar-refractivity contribution in [3.8, 4) is 11.4 Å². The van der Waals surface area contributed by atoms with Gasteiger partial charge < -0.3 is 10.3 Å². The molecule has 0 aliphatic heterocycles. The van der Waals surface area contributed by atoms with Gasteiger partial charge in [-0.1, -0.05) is 11.6 Å². The third-order valence-electron chi connectivity index (χ3n) is 4.88. The molecule has 0 radical (unpaired) electrons. The number of hydrogen-bond acceptors (Lipinski definition) is 6. The second-order valence-corrected chi connectivity index (χ2v) is 9.45. The molecular formula is C18H20ClFN6O2S. The lowest BCUT2D eigenvalue weighted by molar-refractivity contribution is 0.384. The van der Waals surface area contributed by atoms with Gasteiger partial charge in [-0.2, -0.15) is 0 Å². The van der Waals surface area contributed by atoms with Crippen LogP contribution in [0.3, 0.4) is 0 Å². The fourth-order valence-corrected chi connectivity index (χ4v) is 4.66. The zero-order valence-corrected chi connectivity index (χ0v) is 17.2. The van der Waals surface area contributed by atoms with Crippen LogP contribution in [0.1, 0.15) is 25.7 Å². The molecule has 4 rings (SSSR count). The van der Waals surface area contributed by atoms with Crippen LogP contribution in [0.5, 0.6) is 0 Å². The highest BCUT2D eigenvalue weighted by molar-refractivity contribution is 7.88. The first kappa shape index (κ1) is 20.0. The van der Waals surface area contributed by atoms with E-state index < -0.39 is 15.8 Å². The first-order valence-electron chi connectivity index (χ1n) is 9.18. The molecule has 0 aromatic carbocycles. The van der Waals surface area contributed by atoms with Gasteiger partial charge in [0.05, 0.1) is 17.5 Å². The number of halogens is 2. The van der Waals surface area contributed by atoms with Gasteiger partial charge in [0.15, 0.2) is 17.5 Å². The highest BCUT2D eigenvalue weighted by atomic mass is 35.5. The summed E-state index contributed by atoms with van der Waals surface area (Å²) in [6.45, 7) is 0. The standard InChI is InChI=1S/C18H20ClFN6O2S/c1-29(27,28)26-12-4-2-3-11(6-12)24-18-15(20)9-23-17(25-18)14-8-22-16-13(14)5-10(19)7-21-16/h5,7-9,11-12,26H,2-4,6H2,1H3,(H,21,22)(H,23,24,25). The molecule has 2 atom stereocenters. The Morgan fingerprint density at radius 1 is 1.24 bits per heavy atom. The minimum absolute atomic E-state index is 0.0874. The lowest BCUT2D eigenvalue weighted by atomic mass is 9.91. The SMILES string of the molecule is CS(=O)(=O)NC1CCCC(Nc2nc(-c3c[nH]c4ncc(Cl)cc34)ncc2F)C1. The number of nitrogens with zero attached hydrogens (tertiary/aromatic N) is 3. The van der Waals surface area contributed by atoms with Gasteiger partial charge in [0.1, 0.15) is 5.65 Å². The summed E-state index contributed by atoms with van der Waals surface area (Å²) in [5.74, 6) is -0.141. The average molecular weight is 439 g/mol. The van der Waals surface area contributed by atoms with Crippen LogP contribution >= 0.6 is 11.6 Å². The Labute approximate surface area is 172 Å². The molecule has 8 nitrogen and oxygen atoms in total. The topological polar surface area (TPSA) is 113 Å². The van der Waals surface area contributed by atoms with Crippen molar-refractivity contribution < 1.29 is 12.8 Å². The van der Waals surface area contributed by atoms with Gasteiger partial charge in [0, 0.05) is 35.4 Å². The van der Waals surface area contributed by atoms with Crippen molar-refractivity contribution >= 4 is 38.5 Å². The highest BCUT2D eigenvalue weighted by Gasteiger charge is 2.25. The molecule has 2 unspecified atom stereocenters. The number of aromatic amines is 1. The van der Waals surface area contributed by atoms with E-state index in [4.69, 9.17) is 11.6 Å². The number of nitrogens with one attached hydrogen (secondary N) is 3. The van der Waals surface area contributed by atoms with E-state index in [-0.39, 0.29) is 17.9 Å². The van der Waals surface area contributed by atoms with Crippen molar-refractivity contribution in [1.29, 1.82) is 0 Å². The third-order valence-corrected chi connectivity index (χ3v) is 5.85. The van der Waals surface area contributed by atoms with Crippen LogP contribution in [0.4, 0.5) is 10.2 Å². The number of fused-ring (bicyclic) bond motifs is 1. The Kier molecular flexibility index (Phi) is 5.41. The summed E-state index contributed by atoms with van der Waals surface area (Å²) in [4.78, 5) is 15.7. The molecule has 0 spiro atoms. The van der Waals surface area contributed by atoms with Crippen molar-refractivity contribution in [3.05, 3.63) is 35.5 Å². The number of H-pyrrole nitrogens is 1. The van der Waals surface area contributed by atoms with Crippen LogP contribution in [0, 0.1) is 5.82 Å². The minimum Gasteiger partial charge on any atom is -0.365 e. The van der Waals surface area contributed by atoms with E-state index in [2.05, 4.69) is 30.0 Å². The largest absolute Gasteiger partial charge is 0.365 e. The van der Waals surface area contributed by atoms with Gasteiger partial charge >= 0.3 is 0 Å². The van der Waals surface area contributed by atoms with Crippen LogP contribution < -0.4 is 10.0 Å². The summed E-state index contributed by atoms with van der Waals surface area (Å²) in [5, 5.41) is 4.33. The van der Waals surface area contributed by atoms with E-state index in [0.29, 0.717) is 28.5 Å². The Hall–Kier alpha value is -2.30. The molecule has 1 fully saturated rings. The molecule has 1 aliphatic rings. The second kappa shape index (κ2) is 7.85. The quantitative estimate of drug-likeness (QED) is 0.564. The van der Waals surface area contributed by atoms with Gasteiger partial charge in [-0.05, 0) is 31.7 Å². The van der Waals surface area contributed by atoms with Gasteiger partial charge in [-0.3, -0.25) is 0 Å². The Bertz CT molecular complexity index is 1150. The third kappa shape index (κ3) is 4.65. The summed E-state index contributed by atoms with van der Waals surface area (Å²) in [6.07, 6.45) is 8.44. The van der Waals surface area contributed by atoms with Crippen molar-refractivity contribution in [3.63, 3.8) is 0 Å². The number of anilines is 1. The fraction of sp³-hybridized carbons (Fsp3) is 0.389. The van der Waals surface area contributed by atoms with Gasteiger partial charge in [-0.15, -0.1) is 0 Å². The summed E-state index contributed by atoms with van der Waals surface area (Å²) < 4.78 is 40.0. The predicted molar refractivity (Wildman–Crippen MR) is 110 cm³/mol. The van der Waals surface area contributed by atoms with E-state index in [1.54, 1.807) is 12.3 Å². The lowest BCUT2D eigenvalue weighted by Crippen LogP contribution is -2.41. The Morgan fingerprint density at radius 2 is 2.03 bits per heavy atom. The van der Waals surface area contributed by atoms with Crippen molar-refractivity contribution in [2.24, 2.45) is 0 Å². The van der Waals surface area contributed by atoms with Gasteiger partial charge in [0.2, 0.25) is 10.0 Å². The summed E-state index contributed by atoms with van der Waals surface area (Å²) in [5.41, 5.74) is 1.30. The van der Waals surface area contributed by atoms with Gasteiger partial charge in [-0.25, -0.2) is 32.5 Å². The van der Waals surface area contributed by atoms with E-state index in [1.165, 1.54) is 6.20 Å². The molecule has 3 aromatic heterocycles. The number of hydrogen-bond donors (Lipinski definition) is 3. The molecule has 3 N–H and O–H groups in total. The van der Waals surface area contributed by atoms with E-state index in [0.717, 1.165) is 37.1 Å². The summed E-state index contributed by atoms with van der Waals surface area (Å²) >= 11 is 6.04. The number of rotatable bonds is 5. The molecule has 3 heterocycles. The van der Waals surface area contributed by atoms with Crippen LogP contribution in [0.15, 0.2) is 24.7 Å². The Morgan fingerprint density at radius 3 is 2.83 bits per heavy atom. The van der Waals surface area contributed by atoms with E-state index in [9.17, 15) is 12.8 Å². The van der Waals surface area contributed by atoms with E-state index in [1.807, 2.05) is 0 Å². The monoisotopic (exact) mass is 438 g/mol. The molecule has 154 valence electrons. The summed E-state index contributed by atoms with van der Waals surface area (Å²) in [7, 11) is -3.29. The van der Waals surface area contributed by atoms with Crippen molar-refractivity contribution in [1.82, 2.24) is 24.7 Å². The maximum Gasteiger partial charge on any atom is 0.208 e. The molecule has 3 aromatic rings. The highest BCUT2D eigenvalue weighted by Crippen LogP contribution is 2.29. The van der Waals surface area contributed by atoms with Crippen LogP contribution in [-0.4, -0.2) is 46.7 Å². The second-order valence-electron chi connectivity index (χ2n) is 7.24. The normalized spacial score (nSPS) is 20.1. The molecule has 0 bridgehead atoms. The molecule has 0 amide bonds. The molecule has 1 aliphatic carbocycles. The zero-order chi connectivity index (χ0) is 20.6. The first-order chi connectivity index (χ1) is 13.8. The molecule has 29 heavy (non-hydrogen) atoms. The van der Waals surface area contributed by atoms with Crippen LogP contribution in [-0.2, 0) is 10.0 Å². The lowest BCUT2D eigenvalue weighted by Gasteiger charge is -2.30. The van der Waals surface area contributed by atoms with Crippen LogP contribution in [0.25, 0.3) is 22.4 Å². The predicted octanol–water partition coefficient (Wildman–Crippen LogP) is 3.08. The minimum atomic E-state index is -3.29. The molecular weight excluding hydrogens is 419 g/mol. The van der Waals surface area contributed by atoms with Gasteiger partial charge in [0.25, 0.3) is 0 Å². The Balaban J connectivity index is 1.58. The molecule has 11 heteroatoms. The van der Waals surface area contributed by atoms with Crippen molar-refractivity contribution in [2.45, 2.75) is 37.8 Å².